The van der Waals surface area contributed by atoms with Crippen LogP contribution in [0.5, 0.6) is 0 Å². The quantitative estimate of drug-likeness (QED) is 0.590. The van der Waals surface area contributed by atoms with Crippen molar-refractivity contribution < 1.29 is 14.3 Å². The average Bonchev–Trinajstić information content (AvgIpc) is 3.35. The average molecular weight is 418 g/mol. The van der Waals surface area contributed by atoms with E-state index in [0.29, 0.717) is 22.9 Å². The minimum absolute atomic E-state index is 0.438. The third-order valence-corrected chi connectivity index (χ3v) is 5.00. The highest BCUT2D eigenvalue weighted by atomic mass is 16.6. The highest BCUT2D eigenvalue weighted by Gasteiger charge is 2.26. The third kappa shape index (κ3) is 4.06. The molecule has 0 atom stereocenters. The standard InChI is InChI=1S/C25H27N3O3/c1-15-11-16(2)26-18(15)13-20-23(30-6)14-19(27-20)22-12-17-9-7-8-10-21(17)28(22)24(29)31-25(3,4)5/h7-14,26H,1-6H3/b20-13-. The Balaban J connectivity index is 1.85. The topological polar surface area (TPSA) is 68.6 Å². The molecule has 1 aromatic carbocycles. The van der Waals surface area contributed by atoms with Crippen molar-refractivity contribution in [3.05, 3.63) is 76.6 Å². The van der Waals surface area contributed by atoms with Gasteiger partial charge in [-0.2, -0.15) is 0 Å². The second kappa shape index (κ2) is 7.61. The third-order valence-electron chi connectivity index (χ3n) is 5.00. The zero-order chi connectivity index (χ0) is 22.3. The van der Waals surface area contributed by atoms with E-state index in [1.165, 1.54) is 0 Å². The number of aliphatic imine (C=N–C) groups is 1. The van der Waals surface area contributed by atoms with Crippen molar-refractivity contribution in [2.75, 3.05) is 7.11 Å². The van der Waals surface area contributed by atoms with E-state index in [9.17, 15) is 4.79 Å². The lowest BCUT2D eigenvalue weighted by Crippen LogP contribution is -2.28. The molecule has 1 aliphatic heterocycles. The van der Waals surface area contributed by atoms with E-state index in [4.69, 9.17) is 14.5 Å². The number of nitrogens with zero attached hydrogens (tertiary/aromatic N) is 2. The van der Waals surface area contributed by atoms with Crippen molar-refractivity contribution in [2.24, 2.45) is 4.99 Å². The Labute approximate surface area is 181 Å². The molecule has 1 N–H and O–H groups in total. The zero-order valence-electron chi connectivity index (χ0n) is 18.7. The summed E-state index contributed by atoms with van der Waals surface area (Å²) in [7, 11) is 1.62. The maximum absolute atomic E-state index is 13.1. The zero-order valence-corrected chi connectivity index (χ0v) is 18.7. The van der Waals surface area contributed by atoms with E-state index >= 15 is 0 Å². The summed E-state index contributed by atoms with van der Waals surface area (Å²) in [5.74, 6) is 0.641. The lowest BCUT2D eigenvalue weighted by Gasteiger charge is -2.20. The largest absolute Gasteiger partial charge is 0.494 e. The number of rotatable bonds is 3. The van der Waals surface area contributed by atoms with Gasteiger partial charge >= 0.3 is 6.09 Å². The summed E-state index contributed by atoms with van der Waals surface area (Å²) >= 11 is 0. The molecule has 0 saturated heterocycles. The SMILES string of the molecule is COC1=CC(c2cc3ccccc3n2C(=O)OC(C)(C)C)=N/C1=C\c1[nH]c(C)cc1C. The number of benzene rings is 1. The van der Waals surface area contributed by atoms with Crippen molar-refractivity contribution in [1.29, 1.82) is 0 Å². The van der Waals surface area contributed by atoms with Gasteiger partial charge in [0, 0.05) is 22.9 Å². The summed E-state index contributed by atoms with van der Waals surface area (Å²) in [4.78, 5) is 21.2. The predicted molar refractivity (Wildman–Crippen MR) is 123 cm³/mol. The predicted octanol–water partition coefficient (Wildman–Crippen LogP) is 5.74. The van der Waals surface area contributed by atoms with Gasteiger partial charge in [-0.3, -0.25) is 0 Å². The Morgan fingerprint density at radius 1 is 1.16 bits per heavy atom. The Morgan fingerprint density at radius 3 is 2.55 bits per heavy atom. The van der Waals surface area contributed by atoms with Crippen LogP contribution < -0.4 is 0 Å². The summed E-state index contributed by atoms with van der Waals surface area (Å²) in [5, 5.41) is 0.937. The fourth-order valence-corrected chi connectivity index (χ4v) is 3.70. The van der Waals surface area contributed by atoms with E-state index in [2.05, 4.69) is 11.1 Å². The molecule has 2 aromatic heterocycles. The first-order chi connectivity index (χ1) is 14.7. The van der Waals surface area contributed by atoms with E-state index in [-0.39, 0.29) is 0 Å². The number of H-pyrrole nitrogens is 1. The first-order valence-corrected chi connectivity index (χ1v) is 10.2. The smallest absolute Gasteiger partial charge is 0.419 e. The molecule has 3 aromatic rings. The molecular weight excluding hydrogens is 390 g/mol. The molecule has 31 heavy (non-hydrogen) atoms. The van der Waals surface area contributed by atoms with Crippen LogP contribution in [0.3, 0.4) is 0 Å². The molecule has 0 spiro atoms. The minimum atomic E-state index is -0.612. The van der Waals surface area contributed by atoms with E-state index in [1.54, 1.807) is 11.7 Å². The summed E-state index contributed by atoms with van der Waals surface area (Å²) < 4.78 is 12.8. The first-order valence-electron chi connectivity index (χ1n) is 10.2. The van der Waals surface area contributed by atoms with Gasteiger partial charge in [-0.15, -0.1) is 0 Å². The number of allylic oxidation sites excluding steroid dienone is 1. The van der Waals surface area contributed by atoms with Crippen LogP contribution in [-0.4, -0.2) is 34.1 Å². The summed E-state index contributed by atoms with van der Waals surface area (Å²) in [6, 6.07) is 11.8. The highest BCUT2D eigenvalue weighted by Crippen LogP contribution is 2.29. The van der Waals surface area contributed by atoms with Crippen LogP contribution in [0.2, 0.25) is 0 Å². The number of para-hydroxylation sites is 1. The number of aryl methyl sites for hydroxylation is 2. The molecule has 0 radical (unpaired) electrons. The summed E-state index contributed by atoms with van der Waals surface area (Å²) in [6.07, 6.45) is 3.38. The lowest BCUT2D eigenvalue weighted by atomic mass is 10.2. The van der Waals surface area contributed by atoms with Crippen molar-refractivity contribution in [1.82, 2.24) is 9.55 Å². The molecule has 6 heteroatoms. The maximum atomic E-state index is 13.1. The number of fused-ring (bicyclic) bond motifs is 1. The molecule has 0 amide bonds. The van der Waals surface area contributed by atoms with Crippen LogP contribution in [0.4, 0.5) is 4.79 Å². The Hall–Kier alpha value is -3.54. The number of nitrogens with one attached hydrogen (secondary N) is 1. The van der Waals surface area contributed by atoms with Crippen LogP contribution in [0.1, 0.15) is 43.4 Å². The van der Waals surface area contributed by atoms with Gasteiger partial charge in [0.1, 0.15) is 17.1 Å². The highest BCUT2D eigenvalue weighted by molar-refractivity contribution is 6.15. The number of aromatic amines is 1. The van der Waals surface area contributed by atoms with E-state index in [0.717, 1.165) is 27.9 Å². The molecule has 160 valence electrons. The van der Waals surface area contributed by atoms with Gasteiger partial charge in [-0.1, -0.05) is 18.2 Å². The molecule has 0 fully saturated rings. The van der Waals surface area contributed by atoms with Gasteiger partial charge in [0.2, 0.25) is 0 Å². The van der Waals surface area contributed by atoms with Gasteiger partial charge in [0.25, 0.3) is 0 Å². The molecule has 0 bridgehead atoms. The van der Waals surface area contributed by atoms with Gasteiger partial charge in [0.15, 0.2) is 0 Å². The minimum Gasteiger partial charge on any atom is -0.494 e. The monoisotopic (exact) mass is 417 g/mol. The molecular formula is C25H27N3O3. The molecule has 6 nitrogen and oxygen atoms in total. The van der Waals surface area contributed by atoms with Gasteiger partial charge in [-0.05, 0) is 64.5 Å². The summed E-state index contributed by atoms with van der Waals surface area (Å²) in [5.41, 5.74) is 5.36. The van der Waals surface area contributed by atoms with Crippen molar-refractivity contribution in [3.63, 3.8) is 0 Å². The van der Waals surface area contributed by atoms with Gasteiger partial charge < -0.3 is 14.5 Å². The van der Waals surface area contributed by atoms with Crippen LogP contribution in [0.25, 0.3) is 17.0 Å². The van der Waals surface area contributed by atoms with Gasteiger partial charge in [-0.25, -0.2) is 14.4 Å². The van der Waals surface area contributed by atoms with Crippen LogP contribution >= 0.6 is 0 Å². The Kier molecular flexibility index (Phi) is 5.09. The number of aromatic nitrogens is 2. The van der Waals surface area contributed by atoms with Crippen molar-refractivity contribution in [2.45, 2.75) is 40.2 Å². The van der Waals surface area contributed by atoms with Crippen LogP contribution in [0.15, 0.2) is 58.9 Å². The Bertz CT molecular complexity index is 1260. The van der Waals surface area contributed by atoms with Gasteiger partial charge in [0.05, 0.1) is 24.0 Å². The number of hydrogen-bond acceptors (Lipinski definition) is 4. The number of methoxy groups -OCH3 is 1. The van der Waals surface area contributed by atoms with Crippen molar-refractivity contribution in [3.8, 4) is 0 Å². The molecule has 1 aliphatic rings. The number of hydrogen-bond donors (Lipinski definition) is 1. The number of carbonyl (C=O) groups excluding carboxylic acids is 1. The van der Waals surface area contributed by atoms with E-state index in [1.807, 2.05) is 77.1 Å². The fraction of sp³-hybridized carbons (Fsp3) is 0.280. The first kappa shape index (κ1) is 20.7. The molecule has 0 saturated carbocycles. The maximum Gasteiger partial charge on any atom is 0.419 e. The second-order valence-corrected chi connectivity index (χ2v) is 8.69. The summed E-state index contributed by atoms with van der Waals surface area (Å²) in [6.45, 7) is 9.63. The molecule has 3 heterocycles. The second-order valence-electron chi connectivity index (χ2n) is 8.69. The Morgan fingerprint density at radius 2 is 1.90 bits per heavy atom. The van der Waals surface area contributed by atoms with Crippen molar-refractivity contribution >= 4 is 28.8 Å². The molecule has 0 aliphatic carbocycles. The number of carbonyl (C=O) groups is 1. The van der Waals surface area contributed by atoms with Crippen LogP contribution in [0, 0.1) is 13.8 Å². The normalized spacial score (nSPS) is 15.4. The molecule has 4 rings (SSSR count). The fourth-order valence-electron chi connectivity index (χ4n) is 3.70. The number of ether oxygens (including phenoxy) is 2. The molecule has 0 unspecified atom stereocenters. The van der Waals surface area contributed by atoms with Crippen LogP contribution in [-0.2, 0) is 9.47 Å². The van der Waals surface area contributed by atoms with E-state index < -0.39 is 11.7 Å². The lowest BCUT2D eigenvalue weighted by molar-refractivity contribution is 0.0544.